The molecule has 34 heavy (non-hydrogen) atoms. The topological polar surface area (TPSA) is 76.5 Å². The summed E-state index contributed by atoms with van der Waals surface area (Å²) < 4.78 is 29.8. The second kappa shape index (κ2) is 10.4. The zero-order valence-electron chi connectivity index (χ0n) is 20.3. The number of hydrogen-bond donors (Lipinski definition) is 2. The highest BCUT2D eigenvalue weighted by molar-refractivity contribution is 8.22. The number of carbonyl (C=O) groups is 1. The predicted molar refractivity (Wildman–Crippen MR) is 142 cm³/mol. The number of rotatable bonds is 7. The van der Waals surface area contributed by atoms with E-state index in [4.69, 9.17) is 4.74 Å². The summed E-state index contributed by atoms with van der Waals surface area (Å²) in [6, 6.07) is 14.2. The first-order valence-corrected chi connectivity index (χ1v) is 14.4. The van der Waals surface area contributed by atoms with Crippen LogP contribution in [0.5, 0.6) is 0 Å². The molecule has 1 unspecified atom stereocenters. The van der Waals surface area contributed by atoms with E-state index >= 15 is 0 Å². The van der Waals surface area contributed by atoms with E-state index in [1.807, 2.05) is 37.6 Å². The van der Waals surface area contributed by atoms with Gasteiger partial charge in [0.15, 0.2) is 0 Å². The van der Waals surface area contributed by atoms with Crippen LogP contribution in [0, 0.1) is 5.92 Å². The molecule has 2 aromatic carbocycles. The molecular formula is C25H35N3O4S2. The number of fused-ring (bicyclic) bond motifs is 1. The lowest BCUT2D eigenvalue weighted by Gasteiger charge is -2.44. The Morgan fingerprint density at radius 1 is 1.15 bits per heavy atom. The van der Waals surface area contributed by atoms with Crippen LogP contribution in [0.2, 0.25) is 0 Å². The molecule has 0 aromatic heterocycles. The van der Waals surface area contributed by atoms with Gasteiger partial charge in [0.05, 0.1) is 24.4 Å². The Kier molecular flexibility index (Phi) is 7.69. The monoisotopic (exact) mass is 505 g/mol. The van der Waals surface area contributed by atoms with Crippen LogP contribution < -0.4 is 9.80 Å². The van der Waals surface area contributed by atoms with Gasteiger partial charge in [-0.05, 0) is 36.9 Å². The minimum atomic E-state index is -3.21. The SMILES string of the molecule is CCCCC1CN(c2ccccc2)c2cc(SC)c(N3CC(C(=O)OC)C3)cc2S(O)(O)N1C. The number of nitrogens with zero attached hydrogens (tertiary/aromatic N) is 3. The number of likely N-dealkylation sites (N-methyl/N-ethyl adjacent to an activating group) is 1. The number of ether oxygens (including phenoxy) is 1. The fourth-order valence-electron chi connectivity index (χ4n) is 4.72. The zero-order chi connectivity index (χ0) is 24.5. The molecule has 1 fully saturated rings. The molecule has 0 radical (unpaired) electrons. The van der Waals surface area contributed by atoms with Crippen molar-refractivity contribution in [1.82, 2.24) is 4.31 Å². The fraction of sp³-hybridized carbons (Fsp3) is 0.480. The van der Waals surface area contributed by atoms with E-state index in [9.17, 15) is 13.9 Å². The normalized spacial score (nSPS) is 21.4. The van der Waals surface area contributed by atoms with Crippen molar-refractivity contribution in [3.05, 3.63) is 42.5 Å². The maximum Gasteiger partial charge on any atom is 0.312 e. The fourth-order valence-corrected chi connectivity index (χ4v) is 6.97. The van der Waals surface area contributed by atoms with Crippen molar-refractivity contribution in [3.63, 3.8) is 0 Å². The van der Waals surface area contributed by atoms with Crippen LogP contribution in [0.1, 0.15) is 26.2 Å². The molecule has 0 spiro atoms. The van der Waals surface area contributed by atoms with Crippen LogP contribution in [0.3, 0.4) is 0 Å². The summed E-state index contributed by atoms with van der Waals surface area (Å²) in [7, 11) is 0.0287. The van der Waals surface area contributed by atoms with Gasteiger partial charge in [0.25, 0.3) is 0 Å². The molecule has 2 aliphatic heterocycles. The number of anilines is 3. The van der Waals surface area contributed by atoms with Crippen molar-refractivity contribution >= 4 is 45.6 Å². The van der Waals surface area contributed by atoms with Gasteiger partial charge >= 0.3 is 5.97 Å². The van der Waals surface area contributed by atoms with Crippen molar-refractivity contribution in [2.45, 2.75) is 42.0 Å². The van der Waals surface area contributed by atoms with E-state index in [0.717, 1.165) is 41.2 Å². The smallest absolute Gasteiger partial charge is 0.312 e. The van der Waals surface area contributed by atoms with Crippen molar-refractivity contribution in [2.75, 3.05) is 49.8 Å². The summed E-state index contributed by atoms with van der Waals surface area (Å²) in [5.41, 5.74) is 2.79. The highest BCUT2D eigenvalue weighted by Crippen LogP contribution is 2.60. The van der Waals surface area contributed by atoms with E-state index in [-0.39, 0.29) is 17.9 Å². The van der Waals surface area contributed by atoms with Gasteiger partial charge in [-0.3, -0.25) is 13.9 Å². The van der Waals surface area contributed by atoms with Crippen LogP contribution in [0.4, 0.5) is 17.1 Å². The molecule has 2 N–H and O–H groups in total. The highest BCUT2D eigenvalue weighted by Gasteiger charge is 2.40. The van der Waals surface area contributed by atoms with Gasteiger partial charge in [0.1, 0.15) is 4.90 Å². The van der Waals surface area contributed by atoms with Gasteiger partial charge in [-0.1, -0.05) is 38.0 Å². The standard InChI is InChI=1S/C25H35N3O4S2/c1-5-6-10-20-17-28(19-11-8-7-9-12-19)22-13-23(33-4)21(14-24(22)34(30,31)26(20)2)27-15-18(16-27)25(29)32-3/h7-9,11-14,18,20,30-31H,5-6,10,15-17H2,1-4H3. The van der Waals surface area contributed by atoms with Gasteiger partial charge < -0.3 is 14.5 Å². The molecule has 0 saturated carbocycles. The molecule has 1 atom stereocenters. The van der Waals surface area contributed by atoms with Crippen LogP contribution in [0.25, 0.3) is 0 Å². The van der Waals surface area contributed by atoms with Gasteiger partial charge in [0.2, 0.25) is 0 Å². The Balaban J connectivity index is 1.81. The molecule has 0 amide bonds. The van der Waals surface area contributed by atoms with E-state index in [2.05, 4.69) is 34.9 Å². The number of para-hydroxylation sites is 1. The molecule has 4 rings (SSSR count). The molecule has 1 saturated heterocycles. The quantitative estimate of drug-likeness (QED) is 0.367. The molecule has 2 heterocycles. The largest absolute Gasteiger partial charge is 0.469 e. The lowest BCUT2D eigenvalue weighted by Crippen LogP contribution is -2.51. The minimum Gasteiger partial charge on any atom is -0.469 e. The molecule has 7 nitrogen and oxygen atoms in total. The maximum atomic E-state index is 11.9. The average molecular weight is 506 g/mol. The van der Waals surface area contributed by atoms with E-state index in [0.29, 0.717) is 24.5 Å². The molecule has 0 bridgehead atoms. The molecule has 0 aliphatic carbocycles. The summed E-state index contributed by atoms with van der Waals surface area (Å²) >= 11 is 1.63. The van der Waals surface area contributed by atoms with Gasteiger partial charge in [-0.25, -0.2) is 4.31 Å². The average Bonchev–Trinajstić information content (AvgIpc) is 2.90. The van der Waals surface area contributed by atoms with Crippen LogP contribution in [-0.2, 0) is 9.53 Å². The lowest BCUT2D eigenvalue weighted by atomic mass is 9.99. The lowest BCUT2D eigenvalue weighted by molar-refractivity contribution is -0.146. The highest BCUT2D eigenvalue weighted by atomic mass is 32.3. The molecule has 2 aromatic rings. The summed E-state index contributed by atoms with van der Waals surface area (Å²) in [6.07, 6.45) is 4.99. The van der Waals surface area contributed by atoms with Gasteiger partial charge in [0, 0.05) is 43.3 Å². The maximum absolute atomic E-state index is 11.9. The van der Waals surface area contributed by atoms with E-state index < -0.39 is 10.8 Å². The van der Waals surface area contributed by atoms with Crippen LogP contribution >= 0.6 is 22.5 Å². The van der Waals surface area contributed by atoms with E-state index in [1.54, 1.807) is 16.1 Å². The summed E-state index contributed by atoms with van der Waals surface area (Å²) in [4.78, 5) is 17.9. The first-order chi connectivity index (χ1) is 16.3. The third-order valence-corrected chi connectivity index (χ3v) is 9.66. The Morgan fingerprint density at radius 2 is 1.85 bits per heavy atom. The first kappa shape index (κ1) is 25.2. The molecule has 186 valence electrons. The molecule has 2 aliphatic rings. The number of thioether (sulfide) groups is 1. The Bertz CT molecular complexity index is 1010. The molecular weight excluding hydrogens is 470 g/mol. The van der Waals surface area contributed by atoms with E-state index in [1.165, 1.54) is 7.11 Å². The Hall–Kier alpha value is -1.91. The number of hydrogen-bond acceptors (Lipinski definition) is 8. The van der Waals surface area contributed by atoms with Crippen molar-refractivity contribution in [1.29, 1.82) is 0 Å². The number of esters is 1. The number of carbonyl (C=O) groups excluding carboxylic acids is 1. The summed E-state index contributed by atoms with van der Waals surface area (Å²) in [6.45, 7) is 3.96. The Morgan fingerprint density at radius 3 is 2.47 bits per heavy atom. The number of unbranched alkanes of at least 4 members (excludes halogenated alkanes) is 1. The first-order valence-electron chi connectivity index (χ1n) is 11.7. The third kappa shape index (κ3) is 4.64. The van der Waals surface area contributed by atoms with Crippen molar-refractivity contribution in [3.8, 4) is 0 Å². The molecule has 9 heteroatoms. The second-order valence-electron chi connectivity index (χ2n) is 8.92. The van der Waals surface area contributed by atoms with Crippen LogP contribution in [0.15, 0.2) is 52.3 Å². The van der Waals surface area contributed by atoms with Crippen molar-refractivity contribution < 1.29 is 18.6 Å². The van der Waals surface area contributed by atoms with Gasteiger partial charge in [-0.15, -0.1) is 22.5 Å². The predicted octanol–water partition coefficient (Wildman–Crippen LogP) is 5.68. The number of benzene rings is 2. The third-order valence-electron chi connectivity index (χ3n) is 6.87. The number of methoxy groups -OCH3 is 1. The second-order valence-corrected chi connectivity index (χ2v) is 11.8. The van der Waals surface area contributed by atoms with Crippen LogP contribution in [-0.4, -0.2) is 65.5 Å². The summed E-state index contributed by atoms with van der Waals surface area (Å²) in [5, 5.41) is 0. The minimum absolute atomic E-state index is 0.00792. The Labute approximate surface area is 208 Å². The van der Waals surface area contributed by atoms with Gasteiger partial charge in [-0.2, -0.15) is 0 Å². The zero-order valence-corrected chi connectivity index (χ0v) is 21.9. The van der Waals surface area contributed by atoms with Crippen molar-refractivity contribution in [2.24, 2.45) is 5.92 Å². The summed E-state index contributed by atoms with van der Waals surface area (Å²) in [5.74, 6) is -0.351.